The number of nitrogens with zero attached hydrogens (tertiary/aromatic N) is 2. The highest BCUT2D eigenvalue weighted by Gasteiger charge is 2.10. The van der Waals surface area contributed by atoms with Crippen LogP contribution in [0.4, 0.5) is 0 Å². The average Bonchev–Trinajstić information content (AvgIpc) is 2.82. The number of aromatic amines is 1. The van der Waals surface area contributed by atoms with Crippen molar-refractivity contribution in [3.8, 4) is 10.7 Å². The summed E-state index contributed by atoms with van der Waals surface area (Å²) in [6, 6.07) is 3.78. The zero-order valence-electron chi connectivity index (χ0n) is 8.57. The van der Waals surface area contributed by atoms with E-state index in [4.69, 9.17) is 28.6 Å². The maximum Gasteiger partial charge on any atom is 0.195 e. The molecule has 2 aromatic rings. The quantitative estimate of drug-likeness (QED) is 0.873. The molecule has 16 heavy (non-hydrogen) atoms. The topological polar surface area (TPSA) is 42.8 Å². The zero-order valence-corrected chi connectivity index (χ0v) is 11.0. The number of ether oxygens (including phenoxy) is 1. The minimum absolute atomic E-state index is 0.594. The number of rotatable bonds is 4. The molecule has 0 bridgehead atoms. The van der Waals surface area contributed by atoms with Gasteiger partial charge in [-0.15, -0.1) is 11.3 Å². The first-order chi connectivity index (χ1) is 7.72. The summed E-state index contributed by atoms with van der Waals surface area (Å²) in [7, 11) is 1.66. The normalized spacial score (nSPS) is 10.9. The van der Waals surface area contributed by atoms with Crippen LogP contribution >= 0.6 is 35.2 Å². The number of methoxy groups -OCH3 is 1. The van der Waals surface area contributed by atoms with Crippen LogP contribution in [0.2, 0.25) is 4.34 Å². The number of hydrogen-bond acceptors (Lipinski definition) is 4. The van der Waals surface area contributed by atoms with Crippen LogP contribution in [0.3, 0.4) is 0 Å². The van der Waals surface area contributed by atoms with Gasteiger partial charge in [-0.1, -0.05) is 11.6 Å². The molecule has 0 amide bonds. The van der Waals surface area contributed by atoms with Gasteiger partial charge in [0, 0.05) is 7.11 Å². The van der Waals surface area contributed by atoms with Crippen molar-refractivity contribution in [1.29, 1.82) is 0 Å². The van der Waals surface area contributed by atoms with Crippen LogP contribution in [0.15, 0.2) is 12.1 Å². The molecule has 2 rings (SSSR count). The van der Waals surface area contributed by atoms with Crippen molar-refractivity contribution in [2.24, 2.45) is 0 Å². The largest absolute Gasteiger partial charge is 0.383 e. The molecule has 0 aliphatic rings. The number of aromatic nitrogens is 3. The molecule has 86 valence electrons. The Kier molecular flexibility index (Phi) is 3.75. The predicted molar refractivity (Wildman–Crippen MR) is 67.6 cm³/mol. The van der Waals surface area contributed by atoms with E-state index in [-0.39, 0.29) is 0 Å². The van der Waals surface area contributed by atoms with E-state index in [0.717, 1.165) is 15.0 Å². The fraction of sp³-hybridized carbons (Fsp3) is 0.333. The lowest BCUT2D eigenvalue weighted by Gasteiger charge is -2.03. The van der Waals surface area contributed by atoms with Crippen molar-refractivity contribution >= 4 is 35.2 Å². The van der Waals surface area contributed by atoms with Crippen molar-refractivity contribution in [1.82, 2.24) is 14.8 Å². The lowest BCUT2D eigenvalue weighted by Crippen LogP contribution is -2.05. The molecule has 0 atom stereocenters. The van der Waals surface area contributed by atoms with E-state index < -0.39 is 0 Å². The van der Waals surface area contributed by atoms with Crippen molar-refractivity contribution in [3.63, 3.8) is 0 Å². The van der Waals surface area contributed by atoms with Gasteiger partial charge >= 0.3 is 0 Å². The Balaban J connectivity index is 2.37. The maximum absolute atomic E-state index is 5.89. The highest BCUT2D eigenvalue weighted by molar-refractivity contribution is 7.71. The van der Waals surface area contributed by atoms with Crippen LogP contribution in [0.25, 0.3) is 10.7 Å². The van der Waals surface area contributed by atoms with Gasteiger partial charge in [0.1, 0.15) is 0 Å². The highest BCUT2D eigenvalue weighted by Crippen LogP contribution is 2.29. The Morgan fingerprint density at radius 2 is 2.44 bits per heavy atom. The minimum atomic E-state index is 0.594. The predicted octanol–water partition coefficient (Wildman–Crippen LogP) is 2.97. The summed E-state index contributed by atoms with van der Waals surface area (Å²) >= 11 is 12.5. The second kappa shape index (κ2) is 5.09. The average molecular weight is 276 g/mol. The Morgan fingerprint density at radius 3 is 3.06 bits per heavy atom. The molecule has 2 aromatic heterocycles. The van der Waals surface area contributed by atoms with Crippen molar-refractivity contribution in [3.05, 3.63) is 21.2 Å². The Hall–Kier alpha value is -0.690. The van der Waals surface area contributed by atoms with Crippen LogP contribution in [0.5, 0.6) is 0 Å². The van der Waals surface area contributed by atoms with Crippen molar-refractivity contribution in [2.75, 3.05) is 13.7 Å². The summed E-state index contributed by atoms with van der Waals surface area (Å²) in [5.74, 6) is 0.805. The van der Waals surface area contributed by atoms with Gasteiger partial charge in [-0.25, -0.2) is 0 Å². The van der Waals surface area contributed by atoms with E-state index in [1.165, 1.54) is 11.3 Å². The van der Waals surface area contributed by atoms with Gasteiger partial charge in [-0.3, -0.25) is 9.67 Å². The van der Waals surface area contributed by atoms with Gasteiger partial charge in [0.25, 0.3) is 0 Å². The number of thiophene rings is 1. The van der Waals surface area contributed by atoms with E-state index in [0.29, 0.717) is 17.9 Å². The zero-order chi connectivity index (χ0) is 11.5. The smallest absolute Gasteiger partial charge is 0.195 e. The molecule has 0 saturated carbocycles. The molecule has 1 N–H and O–H groups in total. The summed E-state index contributed by atoms with van der Waals surface area (Å²) in [6.45, 7) is 1.27. The summed E-state index contributed by atoms with van der Waals surface area (Å²) in [6.07, 6.45) is 0. The van der Waals surface area contributed by atoms with Crippen LogP contribution in [0, 0.1) is 4.77 Å². The summed E-state index contributed by atoms with van der Waals surface area (Å²) in [5, 5.41) is 6.97. The van der Waals surface area contributed by atoms with Gasteiger partial charge in [-0.05, 0) is 24.4 Å². The molecule has 0 saturated heterocycles. The minimum Gasteiger partial charge on any atom is -0.383 e. The lowest BCUT2D eigenvalue weighted by molar-refractivity contribution is 0.187. The molecular formula is C9H10ClN3OS2. The summed E-state index contributed by atoms with van der Waals surface area (Å²) in [5.41, 5.74) is 0. The van der Waals surface area contributed by atoms with Crippen LogP contribution in [0.1, 0.15) is 0 Å². The van der Waals surface area contributed by atoms with Crippen LogP contribution in [-0.2, 0) is 11.3 Å². The van der Waals surface area contributed by atoms with Crippen molar-refractivity contribution in [2.45, 2.75) is 6.54 Å². The fourth-order valence-corrected chi connectivity index (χ4v) is 2.60. The van der Waals surface area contributed by atoms with Gasteiger partial charge in [-0.2, -0.15) is 5.10 Å². The molecule has 7 heteroatoms. The highest BCUT2D eigenvalue weighted by atomic mass is 35.5. The van der Waals surface area contributed by atoms with E-state index >= 15 is 0 Å². The second-order valence-corrected chi connectivity index (χ2v) is 5.20. The molecule has 0 unspecified atom stereocenters. The number of halogens is 1. The molecule has 0 aliphatic heterocycles. The third-order valence-corrected chi connectivity index (χ3v) is 3.61. The Bertz CT molecular complexity index is 531. The van der Waals surface area contributed by atoms with Crippen LogP contribution < -0.4 is 0 Å². The SMILES string of the molecule is COCCn1c(-c2ccc(Cl)s2)n[nH]c1=S. The van der Waals surface area contributed by atoms with E-state index in [2.05, 4.69) is 10.2 Å². The molecule has 0 fully saturated rings. The molecular weight excluding hydrogens is 266 g/mol. The summed E-state index contributed by atoms with van der Waals surface area (Å²) < 4.78 is 8.27. The third-order valence-electron chi connectivity index (χ3n) is 2.07. The molecule has 0 aromatic carbocycles. The third kappa shape index (κ3) is 2.35. The van der Waals surface area contributed by atoms with Gasteiger partial charge in [0.15, 0.2) is 10.6 Å². The second-order valence-electron chi connectivity index (χ2n) is 3.10. The standard InChI is InChI=1S/C9H10ClN3OS2/c1-14-5-4-13-8(11-12-9(13)15)6-2-3-7(10)16-6/h2-3H,4-5H2,1H3,(H,12,15). The van der Waals surface area contributed by atoms with E-state index in [1.807, 2.05) is 16.7 Å². The molecule has 2 heterocycles. The first kappa shape index (κ1) is 11.8. The summed E-state index contributed by atoms with van der Waals surface area (Å²) in [4.78, 5) is 0.994. The molecule has 0 radical (unpaired) electrons. The van der Waals surface area contributed by atoms with Gasteiger partial charge in [0.2, 0.25) is 0 Å². The van der Waals surface area contributed by atoms with Crippen LogP contribution in [-0.4, -0.2) is 28.5 Å². The monoisotopic (exact) mass is 275 g/mol. The van der Waals surface area contributed by atoms with Crippen molar-refractivity contribution < 1.29 is 4.74 Å². The maximum atomic E-state index is 5.89. The molecule has 4 nitrogen and oxygen atoms in total. The lowest BCUT2D eigenvalue weighted by atomic mass is 10.4. The van der Waals surface area contributed by atoms with E-state index in [9.17, 15) is 0 Å². The number of H-pyrrole nitrogens is 1. The number of nitrogens with one attached hydrogen (secondary N) is 1. The molecule has 0 spiro atoms. The van der Waals surface area contributed by atoms with Gasteiger partial charge < -0.3 is 4.74 Å². The van der Waals surface area contributed by atoms with Gasteiger partial charge in [0.05, 0.1) is 22.4 Å². The first-order valence-corrected chi connectivity index (χ1v) is 6.22. The van der Waals surface area contributed by atoms with E-state index in [1.54, 1.807) is 7.11 Å². The Labute approximate surface area is 107 Å². The number of hydrogen-bond donors (Lipinski definition) is 1. The molecule has 0 aliphatic carbocycles. The first-order valence-electron chi connectivity index (χ1n) is 4.62. The fourth-order valence-electron chi connectivity index (χ4n) is 1.33. The Morgan fingerprint density at radius 1 is 1.62 bits per heavy atom.